The number of benzene rings is 1. The maximum absolute atomic E-state index is 9.82. The number of ether oxygens (including phenoxy) is 1. The zero-order valence-corrected chi connectivity index (χ0v) is 10.5. The normalized spacial score (nSPS) is 10.8. The molecule has 0 aliphatic rings. The van der Waals surface area contributed by atoms with E-state index in [1.807, 2.05) is 6.92 Å². The molecule has 0 saturated carbocycles. The van der Waals surface area contributed by atoms with E-state index in [1.54, 1.807) is 13.2 Å². The molecule has 15 heavy (non-hydrogen) atoms. The minimum atomic E-state index is 0.0957. The fourth-order valence-corrected chi connectivity index (χ4v) is 2.16. The van der Waals surface area contributed by atoms with Gasteiger partial charge in [0.1, 0.15) is 16.0 Å². The zero-order valence-electron chi connectivity index (χ0n) is 8.91. The molecule has 0 radical (unpaired) electrons. The summed E-state index contributed by atoms with van der Waals surface area (Å²) in [4.78, 5) is 0. The van der Waals surface area contributed by atoms with Crippen molar-refractivity contribution in [3.63, 3.8) is 0 Å². The van der Waals surface area contributed by atoms with E-state index in [0.29, 0.717) is 15.8 Å². The van der Waals surface area contributed by atoms with Crippen LogP contribution in [-0.4, -0.2) is 29.5 Å². The lowest BCUT2D eigenvalue weighted by molar-refractivity contribution is -0.0735. The summed E-state index contributed by atoms with van der Waals surface area (Å²) in [6.07, 6.45) is 0. The van der Waals surface area contributed by atoms with Gasteiger partial charge in [0.2, 0.25) is 0 Å². The fraction of sp³-hybridized carbons (Fsp3) is 0.400. The van der Waals surface area contributed by atoms with Gasteiger partial charge in [0.15, 0.2) is 0 Å². The van der Waals surface area contributed by atoms with E-state index >= 15 is 0 Å². The topological polar surface area (TPSA) is 52.9 Å². The van der Waals surface area contributed by atoms with Crippen LogP contribution in [0.3, 0.4) is 0 Å². The van der Waals surface area contributed by atoms with Crippen molar-refractivity contribution in [1.82, 2.24) is 5.06 Å². The molecule has 1 rings (SSSR count). The van der Waals surface area contributed by atoms with Crippen molar-refractivity contribution < 1.29 is 15.1 Å². The van der Waals surface area contributed by atoms with Gasteiger partial charge in [-0.15, -0.1) is 0 Å². The van der Waals surface area contributed by atoms with E-state index in [-0.39, 0.29) is 12.3 Å². The van der Waals surface area contributed by atoms with Crippen LogP contribution in [0.15, 0.2) is 10.5 Å². The Morgan fingerprint density at radius 3 is 2.60 bits per heavy atom. The Morgan fingerprint density at radius 2 is 2.13 bits per heavy atom. The van der Waals surface area contributed by atoms with Gasteiger partial charge in [-0.1, -0.05) is 0 Å². The SMILES string of the molecule is COc1c(C)cc(CN(C)O)c(O)c1Br. The van der Waals surface area contributed by atoms with E-state index in [9.17, 15) is 5.11 Å². The van der Waals surface area contributed by atoms with Gasteiger partial charge in [0.25, 0.3) is 0 Å². The average Bonchev–Trinajstić information content (AvgIpc) is 2.14. The number of hydroxylamine groups is 2. The molecule has 1 aromatic rings. The van der Waals surface area contributed by atoms with E-state index in [0.717, 1.165) is 10.6 Å². The first-order chi connectivity index (χ1) is 6.97. The Bertz CT molecular complexity index is 366. The number of nitrogens with zero attached hydrogens (tertiary/aromatic N) is 1. The Kier molecular flexibility index (Phi) is 3.96. The van der Waals surface area contributed by atoms with Crippen molar-refractivity contribution in [2.24, 2.45) is 0 Å². The summed E-state index contributed by atoms with van der Waals surface area (Å²) in [5.74, 6) is 0.704. The van der Waals surface area contributed by atoms with Crippen LogP contribution in [0, 0.1) is 6.92 Å². The highest BCUT2D eigenvalue weighted by Gasteiger charge is 2.14. The predicted molar refractivity (Wildman–Crippen MR) is 60.3 cm³/mol. The van der Waals surface area contributed by atoms with Crippen LogP contribution in [0.1, 0.15) is 11.1 Å². The van der Waals surface area contributed by atoms with Crippen molar-refractivity contribution in [3.05, 3.63) is 21.7 Å². The van der Waals surface area contributed by atoms with E-state index in [1.165, 1.54) is 7.05 Å². The molecular weight excluding hydrogens is 262 g/mol. The van der Waals surface area contributed by atoms with E-state index < -0.39 is 0 Å². The van der Waals surface area contributed by atoms with Gasteiger partial charge in [-0.25, -0.2) is 0 Å². The second-order valence-corrected chi connectivity index (χ2v) is 4.16. The first kappa shape index (κ1) is 12.3. The Balaban J connectivity index is 3.21. The molecule has 0 heterocycles. The standard InChI is InChI=1S/C10H14BrNO3/c1-6-4-7(5-12(2)14)9(13)8(11)10(6)15-3/h4,13-14H,5H2,1-3H3. The molecule has 5 heteroatoms. The second-order valence-electron chi connectivity index (χ2n) is 3.36. The van der Waals surface area contributed by atoms with Gasteiger partial charge >= 0.3 is 0 Å². The number of phenolic OH excluding ortho intramolecular Hbond substituents is 1. The number of rotatable bonds is 3. The quantitative estimate of drug-likeness (QED) is 0.832. The molecule has 0 aromatic heterocycles. The second kappa shape index (κ2) is 4.83. The molecule has 2 N–H and O–H groups in total. The summed E-state index contributed by atoms with van der Waals surface area (Å²) >= 11 is 3.26. The number of methoxy groups -OCH3 is 1. The van der Waals surface area contributed by atoms with Crippen molar-refractivity contribution in [1.29, 1.82) is 0 Å². The maximum Gasteiger partial charge on any atom is 0.139 e. The number of hydrogen-bond acceptors (Lipinski definition) is 4. The van der Waals surface area contributed by atoms with E-state index in [2.05, 4.69) is 15.9 Å². The minimum Gasteiger partial charge on any atom is -0.506 e. The highest BCUT2D eigenvalue weighted by Crippen LogP contribution is 2.39. The number of halogens is 1. The monoisotopic (exact) mass is 275 g/mol. The molecule has 0 unspecified atom stereocenters. The lowest BCUT2D eigenvalue weighted by atomic mass is 10.1. The number of aromatic hydroxyl groups is 1. The van der Waals surface area contributed by atoms with Gasteiger partial charge in [-0.3, -0.25) is 0 Å². The summed E-state index contributed by atoms with van der Waals surface area (Å²) in [5, 5.41) is 19.9. The van der Waals surface area contributed by atoms with Crippen LogP contribution in [0.2, 0.25) is 0 Å². The predicted octanol–water partition coefficient (Wildman–Crippen LogP) is 2.29. The Hall–Kier alpha value is -0.780. The Morgan fingerprint density at radius 1 is 1.53 bits per heavy atom. The third kappa shape index (κ3) is 2.62. The molecule has 0 spiro atoms. The molecule has 4 nitrogen and oxygen atoms in total. The average molecular weight is 276 g/mol. The minimum absolute atomic E-state index is 0.0957. The number of hydrogen-bond donors (Lipinski definition) is 2. The molecule has 0 saturated heterocycles. The van der Waals surface area contributed by atoms with Crippen molar-refractivity contribution >= 4 is 15.9 Å². The summed E-state index contributed by atoms with van der Waals surface area (Å²) < 4.78 is 5.65. The van der Waals surface area contributed by atoms with Crippen LogP contribution < -0.4 is 4.74 Å². The smallest absolute Gasteiger partial charge is 0.139 e. The molecule has 84 valence electrons. The highest BCUT2D eigenvalue weighted by atomic mass is 79.9. The third-order valence-electron chi connectivity index (χ3n) is 2.06. The summed E-state index contributed by atoms with van der Waals surface area (Å²) in [6, 6.07) is 1.78. The zero-order chi connectivity index (χ0) is 11.6. The molecule has 0 bridgehead atoms. The molecule has 1 aromatic carbocycles. The number of phenols is 1. The fourth-order valence-electron chi connectivity index (χ4n) is 1.43. The van der Waals surface area contributed by atoms with Crippen LogP contribution in [0.5, 0.6) is 11.5 Å². The molecular formula is C10H14BrNO3. The lowest BCUT2D eigenvalue weighted by Crippen LogP contribution is -2.12. The van der Waals surface area contributed by atoms with Crippen molar-refractivity contribution in [3.8, 4) is 11.5 Å². The number of aryl methyl sites for hydroxylation is 1. The largest absolute Gasteiger partial charge is 0.506 e. The van der Waals surface area contributed by atoms with Crippen molar-refractivity contribution in [2.45, 2.75) is 13.5 Å². The first-order valence-corrected chi connectivity index (χ1v) is 5.21. The van der Waals surface area contributed by atoms with Crippen molar-refractivity contribution in [2.75, 3.05) is 14.2 Å². The van der Waals surface area contributed by atoms with E-state index in [4.69, 9.17) is 9.94 Å². The van der Waals surface area contributed by atoms with Crippen LogP contribution >= 0.6 is 15.9 Å². The highest BCUT2D eigenvalue weighted by molar-refractivity contribution is 9.10. The van der Waals surface area contributed by atoms with Gasteiger partial charge in [-0.2, -0.15) is 5.06 Å². The van der Waals surface area contributed by atoms with Crippen LogP contribution in [0.25, 0.3) is 0 Å². The summed E-state index contributed by atoms with van der Waals surface area (Å²) in [6.45, 7) is 2.14. The maximum atomic E-state index is 9.82. The lowest BCUT2D eigenvalue weighted by Gasteiger charge is -2.15. The molecule has 0 aliphatic carbocycles. The molecule has 0 aliphatic heterocycles. The van der Waals surface area contributed by atoms with Crippen LogP contribution in [0.4, 0.5) is 0 Å². The Labute approximate surface area is 97.2 Å². The van der Waals surface area contributed by atoms with Crippen LogP contribution in [-0.2, 0) is 6.54 Å². The van der Waals surface area contributed by atoms with Gasteiger partial charge in [0, 0.05) is 12.6 Å². The molecule has 0 amide bonds. The summed E-state index contributed by atoms with van der Waals surface area (Å²) in [7, 11) is 3.07. The summed E-state index contributed by atoms with van der Waals surface area (Å²) in [5.41, 5.74) is 1.55. The van der Waals surface area contributed by atoms with Gasteiger partial charge < -0.3 is 15.1 Å². The first-order valence-electron chi connectivity index (χ1n) is 4.42. The van der Waals surface area contributed by atoms with Gasteiger partial charge in [-0.05, 0) is 34.5 Å². The molecule has 0 fully saturated rings. The van der Waals surface area contributed by atoms with Gasteiger partial charge in [0.05, 0.1) is 13.7 Å². The third-order valence-corrected chi connectivity index (χ3v) is 2.80. The molecule has 0 atom stereocenters.